The minimum atomic E-state index is 0.137. The van der Waals surface area contributed by atoms with Crippen LogP contribution in [0.25, 0.3) is 0 Å². The van der Waals surface area contributed by atoms with Gasteiger partial charge in [0.15, 0.2) is 0 Å². The maximum absolute atomic E-state index is 11.5. The molecule has 1 N–H and O–H groups in total. The van der Waals surface area contributed by atoms with Crippen molar-refractivity contribution in [2.75, 3.05) is 12.0 Å². The summed E-state index contributed by atoms with van der Waals surface area (Å²) in [6, 6.07) is 0.265. The van der Waals surface area contributed by atoms with Gasteiger partial charge in [-0.05, 0) is 19.6 Å². The number of aromatic nitrogens is 2. The molecule has 0 saturated heterocycles. The molecule has 0 fully saturated rings. The zero-order chi connectivity index (χ0) is 11.5. The number of rotatable bonds is 3. The van der Waals surface area contributed by atoms with E-state index in [4.69, 9.17) is 0 Å². The van der Waals surface area contributed by atoms with E-state index in [2.05, 4.69) is 21.1 Å². The van der Waals surface area contributed by atoms with Crippen molar-refractivity contribution in [2.24, 2.45) is 0 Å². The molecule has 1 aliphatic heterocycles. The Labute approximate surface area is 99.8 Å². The van der Waals surface area contributed by atoms with Crippen LogP contribution in [0.3, 0.4) is 0 Å². The van der Waals surface area contributed by atoms with Gasteiger partial charge in [-0.1, -0.05) is 0 Å². The predicted octanol–water partition coefficient (Wildman–Crippen LogP) is 0.986. The average Bonchev–Trinajstić information content (AvgIpc) is 2.57. The first-order chi connectivity index (χ1) is 7.69. The fourth-order valence-electron chi connectivity index (χ4n) is 2.10. The lowest BCUT2D eigenvalue weighted by atomic mass is 10.1. The van der Waals surface area contributed by atoms with Crippen LogP contribution in [0.15, 0.2) is 6.20 Å². The number of carbonyl (C=O) groups is 1. The lowest BCUT2D eigenvalue weighted by molar-refractivity contribution is -0.119. The summed E-state index contributed by atoms with van der Waals surface area (Å²) in [7, 11) is 0. The number of hydrogen-bond donors (Lipinski definition) is 1. The number of amides is 1. The van der Waals surface area contributed by atoms with Crippen LogP contribution in [0.5, 0.6) is 0 Å². The van der Waals surface area contributed by atoms with Crippen LogP contribution in [-0.2, 0) is 17.8 Å². The highest BCUT2D eigenvalue weighted by Gasteiger charge is 2.20. The van der Waals surface area contributed by atoms with Crippen molar-refractivity contribution in [3.8, 4) is 0 Å². The van der Waals surface area contributed by atoms with Crippen LogP contribution >= 0.6 is 11.8 Å². The zero-order valence-corrected chi connectivity index (χ0v) is 10.5. The van der Waals surface area contributed by atoms with Crippen LogP contribution in [0.1, 0.15) is 17.9 Å². The van der Waals surface area contributed by atoms with E-state index >= 15 is 0 Å². The maximum atomic E-state index is 11.5. The van der Waals surface area contributed by atoms with E-state index in [1.54, 1.807) is 11.8 Å². The summed E-state index contributed by atoms with van der Waals surface area (Å²) in [5.41, 5.74) is 1.06. The number of imidazole rings is 1. The van der Waals surface area contributed by atoms with Crippen molar-refractivity contribution in [1.82, 2.24) is 14.9 Å². The molecule has 88 valence electrons. The van der Waals surface area contributed by atoms with E-state index in [1.807, 2.05) is 13.2 Å². The molecule has 1 aromatic rings. The first-order valence-corrected chi connectivity index (χ1v) is 6.89. The number of aryl methyl sites for hydroxylation is 2. The summed E-state index contributed by atoms with van der Waals surface area (Å²) in [5, 5.41) is 3.06. The van der Waals surface area contributed by atoms with Gasteiger partial charge >= 0.3 is 0 Å². The summed E-state index contributed by atoms with van der Waals surface area (Å²) in [6.45, 7) is 2.86. The maximum Gasteiger partial charge on any atom is 0.230 e. The van der Waals surface area contributed by atoms with Gasteiger partial charge < -0.3 is 9.88 Å². The summed E-state index contributed by atoms with van der Waals surface area (Å²) in [4.78, 5) is 15.9. The molecule has 0 bridgehead atoms. The lowest BCUT2D eigenvalue weighted by Crippen LogP contribution is -2.41. The van der Waals surface area contributed by atoms with Crippen molar-refractivity contribution in [3.05, 3.63) is 17.7 Å². The van der Waals surface area contributed by atoms with E-state index in [9.17, 15) is 4.79 Å². The average molecular weight is 239 g/mol. The van der Waals surface area contributed by atoms with Crippen LogP contribution in [-0.4, -0.2) is 33.5 Å². The van der Waals surface area contributed by atoms with Gasteiger partial charge in [-0.25, -0.2) is 4.98 Å². The topological polar surface area (TPSA) is 46.9 Å². The molecule has 5 heteroatoms. The van der Waals surface area contributed by atoms with Gasteiger partial charge in [0.1, 0.15) is 5.82 Å². The highest BCUT2D eigenvalue weighted by molar-refractivity contribution is 7.99. The normalized spacial score (nSPS) is 19.2. The Balaban J connectivity index is 1.94. The predicted molar refractivity (Wildman–Crippen MR) is 65.6 cm³/mol. The number of nitrogens with zero attached hydrogens (tertiary/aromatic N) is 2. The van der Waals surface area contributed by atoms with Crippen molar-refractivity contribution in [2.45, 2.75) is 32.4 Å². The first-order valence-electron chi connectivity index (χ1n) is 5.50. The Bertz CT molecular complexity index is 389. The van der Waals surface area contributed by atoms with E-state index in [1.165, 1.54) is 0 Å². The molecule has 0 saturated carbocycles. The van der Waals surface area contributed by atoms with Crippen LogP contribution in [0, 0.1) is 6.92 Å². The van der Waals surface area contributed by atoms with Crippen LogP contribution in [0.4, 0.5) is 0 Å². The number of nitrogens with one attached hydrogen (secondary N) is 1. The molecular weight excluding hydrogens is 222 g/mol. The number of hydrogen-bond acceptors (Lipinski definition) is 3. The van der Waals surface area contributed by atoms with Crippen molar-refractivity contribution < 1.29 is 4.79 Å². The monoisotopic (exact) mass is 239 g/mol. The molecule has 1 amide bonds. The molecule has 0 unspecified atom stereocenters. The van der Waals surface area contributed by atoms with Crippen molar-refractivity contribution in [3.63, 3.8) is 0 Å². The third-order valence-corrected chi connectivity index (χ3v) is 3.30. The summed E-state index contributed by atoms with van der Waals surface area (Å²) in [5.74, 6) is 1.83. The van der Waals surface area contributed by atoms with E-state index < -0.39 is 0 Å². The van der Waals surface area contributed by atoms with Crippen molar-refractivity contribution in [1.29, 1.82) is 0 Å². The van der Waals surface area contributed by atoms with Gasteiger partial charge in [0.05, 0.1) is 11.4 Å². The van der Waals surface area contributed by atoms with Gasteiger partial charge in [0.25, 0.3) is 0 Å². The summed E-state index contributed by atoms with van der Waals surface area (Å²) >= 11 is 1.56. The van der Waals surface area contributed by atoms with E-state index in [0.717, 1.165) is 30.9 Å². The van der Waals surface area contributed by atoms with Gasteiger partial charge in [-0.2, -0.15) is 11.8 Å². The molecule has 1 atom stereocenters. The molecule has 0 spiro atoms. The highest BCUT2D eigenvalue weighted by Crippen LogP contribution is 2.15. The fraction of sp³-hybridized carbons (Fsp3) is 0.636. The second-order valence-electron chi connectivity index (χ2n) is 4.19. The van der Waals surface area contributed by atoms with Crippen LogP contribution in [0.2, 0.25) is 0 Å². The van der Waals surface area contributed by atoms with Gasteiger partial charge in [0, 0.05) is 25.2 Å². The third kappa shape index (κ3) is 2.58. The molecule has 2 rings (SSSR count). The number of thioether (sulfide) groups is 1. The third-order valence-electron chi connectivity index (χ3n) is 2.75. The Morgan fingerprint density at radius 3 is 3.31 bits per heavy atom. The molecule has 0 radical (unpaired) electrons. The summed E-state index contributed by atoms with van der Waals surface area (Å²) < 4.78 is 2.16. The van der Waals surface area contributed by atoms with Crippen LogP contribution < -0.4 is 5.32 Å². The Morgan fingerprint density at radius 2 is 2.56 bits per heavy atom. The standard InChI is InChI=1S/C11H17N3OS/c1-8-5-14-6-9(3-4-10(14)12-8)13-11(15)7-16-2/h5,9H,3-4,6-7H2,1-2H3,(H,13,15)/t9-/m1/s1. The Kier molecular flexibility index (Phi) is 3.53. The Hall–Kier alpha value is -0.970. The van der Waals surface area contributed by atoms with Gasteiger partial charge in [-0.3, -0.25) is 4.79 Å². The molecule has 0 aliphatic carbocycles. The molecule has 1 aliphatic rings. The SMILES string of the molecule is CSCC(=O)N[C@@H]1CCc2nc(C)cn2C1. The molecule has 16 heavy (non-hydrogen) atoms. The number of carbonyl (C=O) groups excluding carboxylic acids is 1. The lowest BCUT2D eigenvalue weighted by Gasteiger charge is -2.24. The molecule has 4 nitrogen and oxygen atoms in total. The van der Waals surface area contributed by atoms with Gasteiger partial charge in [-0.15, -0.1) is 0 Å². The number of fused-ring (bicyclic) bond motifs is 1. The second-order valence-corrected chi connectivity index (χ2v) is 5.05. The smallest absolute Gasteiger partial charge is 0.230 e. The summed E-state index contributed by atoms with van der Waals surface area (Å²) in [6.07, 6.45) is 5.95. The fourth-order valence-corrected chi connectivity index (χ4v) is 2.45. The van der Waals surface area contributed by atoms with E-state index in [-0.39, 0.29) is 11.9 Å². The largest absolute Gasteiger partial charge is 0.351 e. The quantitative estimate of drug-likeness (QED) is 0.855. The van der Waals surface area contributed by atoms with Crippen molar-refractivity contribution >= 4 is 17.7 Å². The second kappa shape index (κ2) is 4.91. The minimum absolute atomic E-state index is 0.137. The zero-order valence-electron chi connectivity index (χ0n) is 9.69. The molecule has 1 aromatic heterocycles. The minimum Gasteiger partial charge on any atom is -0.351 e. The Morgan fingerprint density at radius 1 is 1.75 bits per heavy atom. The molecule has 2 heterocycles. The molecule has 0 aromatic carbocycles. The highest BCUT2D eigenvalue weighted by atomic mass is 32.2. The van der Waals surface area contributed by atoms with Gasteiger partial charge in [0.2, 0.25) is 5.91 Å². The molecular formula is C11H17N3OS. The van der Waals surface area contributed by atoms with E-state index in [0.29, 0.717) is 5.75 Å². The first kappa shape index (κ1) is 11.5.